The normalized spacial score (nSPS) is 12.3. The van der Waals surface area contributed by atoms with Gasteiger partial charge in [0.15, 0.2) is 0 Å². The van der Waals surface area contributed by atoms with Crippen molar-refractivity contribution in [3.05, 3.63) is 115 Å². The Morgan fingerprint density at radius 3 is 2.08 bits per heavy atom. The largest absolute Gasteiger partial charge is 0.354 e. The molecule has 0 bridgehead atoms. The van der Waals surface area contributed by atoms with Crippen LogP contribution in [-0.2, 0) is 0 Å². The highest BCUT2D eigenvalue weighted by Gasteiger charge is 2.21. The Kier molecular flexibility index (Phi) is 3.70. The lowest BCUT2D eigenvalue weighted by Gasteiger charge is -2.11. The summed E-state index contributed by atoms with van der Waals surface area (Å²) in [5, 5.41) is 10.4. The lowest BCUT2D eigenvalue weighted by molar-refractivity contribution is 1.19. The van der Waals surface area contributed by atoms with Crippen molar-refractivity contribution in [1.29, 1.82) is 0 Å². The smallest absolute Gasteiger partial charge is 0.0627 e. The lowest BCUT2D eigenvalue weighted by Crippen LogP contribution is -1.94. The van der Waals surface area contributed by atoms with E-state index in [-0.39, 0.29) is 0 Å². The number of nitrogens with one attached hydrogen (secondary N) is 1. The zero-order valence-corrected chi connectivity index (χ0v) is 20.6. The molecular weight excluding hydrogens is 468 g/mol. The van der Waals surface area contributed by atoms with Gasteiger partial charge in [0.1, 0.15) is 0 Å². The van der Waals surface area contributed by atoms with Gasteiger partial charge in [0, 0.05) is 63.7 Å². The molecule has 3 heterocycles. The van der Waals surface area contributed by atoms with E-state index in [1.54, 1.807) is 0 Å². The van der Waals surface area contributed by atoms with E-state index < -0.39 is 0 Å². The van der Waals surface area contributed by atoms with Crippen LogP contribution in [0, 0.1) is 0 Å². The monoisotopic (exact) mass is 488 g/mol. The lowest BCUT2D eigenvalue weighted by atomic mass is 9.99. The van der Waals surface area contributed by atoms with Gasteiger partial charge in [-0.15, -0.1) is 11.3 Å². The van der Waals surface area contributed by atoms with Crippen LogP contribution in [0.15, 0.2) is 115 Å². The summed E-state index contributed by atoms with van der Waals surface area (Å²) in [5.74, 6) is 0. The molecule has 2 nitrogen and oxygen atoms in total. The number of para-hydroxylation sites is 2. The van der Waals surface area contributed by atoms with Crippen molar-refractivity contribution < 1.29 is 0 Å². The first-order valence-corrected chi connectivity index (χ1v) is 13.4. The molecule has 0 atom stereocenters. The zero-order valence-electron chi connectivity index (χ0n) is 19.8. The molecular formula is C34H20N2S. The fraction of sp³-hybridized carbons (Fsp3) is 0. The predicted octanol–water partition coefficient (Wildman–Crippen LogP) is 9.94. The quantitative estimate of drug-likeness (QED) is 0.237. The first-order chi connectivity index (χ1) is 18.4. The van der Waals surface area contributed by atoms with Crippen molar-refractivity contribution in [3.8, 4) is 5.69 Å². The second kappa shape index (κ2) is 7.00. The van der Waals surface area contributed by atoms with Crippen LogP contribution in [0.5, 0.6) is 0 Å². The Morgan fingerprint density at radius 1 is 0.514 bits per heavy atom. The fourth-order valence-electron chi connectivity index (χ4n) is 6.38. The molecule has 0 saturated carbocycles. The molecule has 0 aliphatic rings. The molecule has 9 rings (SSSR count). The number of aromatic amines is 1. The van der Waals surface area contributed by atoms with E-state index in [9.17, 15) is 0 Å². The minimum Gasteiger partial charge on any atom is -0.354 e. The van der Waals surface area contributed by atoms with E-state index in [4.69, 9.17) is 0 Å². The van der Waals surface area contributed by atoms with Crippen molar-refractivity contribution in [2.24, 2.45) is 0 Å². The molecule has 0 radical (unpaired) electrons. The van der Waals surface area contributed by atoms with E-state index >= 15 is 0 Å². The number of rotatable bonds is 1. The summed E-state index contributed by atoms with van der Waals surface area (Å²) in [6, 6.07) is 42.1. The molecule has 0 aliphatic carbocycles. The van der Waals surface area contributed by atoms with Gasteiger partial charge in [-0.2, -0.15) is 0 Å². The van der Waals surface area contributed by atoms with Crippen LogP contribution in [0.3, 0.4) is 0 Å². The first kappa shape index (κ1) is 19.6. The summed E-state index contributed by atoms with van der Waals surface area (Å²) in [7, 11) is 0. The van der Waals surface area contributed by atoms with Gasteiger partial charge in [-0.25, -0.2) is 0 Å². The number of nitrogens with zero attached hydrogens (tertiary/aromatic N) is 1. The van der Waals surface area contributed by atoms with E-state index in [0.29, 0.717) is 0 Å². The number of aromatic nitrogens is 2. The fourth-order valence-corrected chi connectivity index (χ4v) is 7.52. The van der Waals surface area contributed by atoms with Gasteiger partial charge < -0.3 is 9.55 Å². The van der Waals surface area contributed by atoms with Crippen molar-refractivity contribution in [1.82, 2.24) is 9.55 Å². The van der Waals surface area contributed by atoms with E-state index in [0.717, 1.165) is 0 Å². The topological polar surface area (TPSA) is 20.7 Å². The minimum atomic E-state index is 1.18. The molecule has 0 unspecified atom stereocenters. The number of H-pyrrole nitrogens is 1. The molecule has 6 aromatic carbocycles. The summed E-state index contributed by atoms with van der Waals surface area (Å²) < 4.78 is 5.14. The number of thiophene rings is 1. The zero-order chi connectivity index (χ0) is 24.1. The highest BCUT2D eigenvalue weighted by Crippen LogP contribution is 2.45. The molecule has 172 valence electrons. The van der Waals surface area contributed by atoms with Crippen molar-refractivity contribution >= 4 is 85.9 Å². The molecule has 37 heavy (non-hydrogen) atoms. The second-order valence-corrected chi connectivity index (χ2v) is 10.9. The van der Waals surface area contributed by atoms with E-state index in [1.165, 1.54) is 80.2 Å². The molecule has 0 saturated heterocycles. The predicted molar refractivity (Wildman–Crippen MR) is 161 cm³/mol. The maximum atomic E-state index is 3.76. The summed E-state index contributed by atoms with van der Waals surface area (Å²) in [6.07, 6.45) is 0. The molecule has 1 N–H and O–H groups in total. The van der Waals surface area contributed by atoms with Crippen molar-refractivity contribution in [2.45, 2.75) is 0 Å². The number of hydrogen-bond donors (Lipinski definition) is 1. The third kappa shape index (κ3) is 2.49. The summed E-state index contributed by atoms with van der Waals surface area (Å²) in [4.78, 5) is 3.76. The van der Waals surface area contributed by atoms with Crippen LogP contribution in [0.1, 0.15) is 0 Å². The van der Waals surface area contributed by atoms with E-state index in [1.807, 2.05) is 11.3 Å². The highest BCUT2D eigenvalue weighted by molar-refractivity contribution is 7.25. The van der Waals surface area contributed by atoms with Gasteiger partial charge >= 0.3 is 0 Å². The molecule has 3 heteroatoms. The molecule has 3 aromatic heterocycles. The Labute approximate surface area is 216 Å². The summed E-state index contributed by atoms with van der Waals surface area (Å²) in [6.45, 7) is 0. The Hall–Kier alpha value is -4.60. The third-order valence-corrected chi connectivity index (χ3v) is 9.04. The molecule has 0 amide bonds. The van der Waals surface area contributed by atoms with Gasteiger partial charge in [0.05, 0.1) is 16.6 Å². The summed E-state index contributed by atoms with van der Waals surface area (Å²) >= 11 is 1.87. The van der Waals surface area contributed by atoms with E-state index in [2.05, 4.69) is 125 Å². The van der Waals surface area contributed by atoms with Crippen LogP contribution in [0.25, 0.3) is 80.2 Å². The van der Waals surface area contributed by atoms with Crippen LogP contribution < -0.4 is 0 Å². The van der Waals surface area contributed by atoms with Crippen LogP contribution in [0.2, 0.25) is 0 Å². The van der Waals surface area contributed by atoms with Gasteiger partial charge in [-0.1, -0.05) is 84.9 Å². The Morgan fingerprint density at radius 2 is 1.19 bits per heavy atom. The average molecular weight is 489 g/mol. The van der Waals surface area contributed by atoms with Crippen LogP contribution in [0.4, 0.5) is 0 Å². The van der Waals surface area contributed by atoms with Crippen LogP contribution >= 0.6 is 11.3 Å². The Balaban J connectivity index is 1.54. The van der Waals surface area contributed by atoms with Gasteiger partial charge in [0.2, 0.25) is 0 Å². The van der Waals surface area contributed by atoms with Gasteiger partial charge in [-0.3, -0.25) is 0 Å². The SMILES string of the molecule is c1ccc2c(c1)[nH]c1c3ccccc3c3c(c4ccccc4n3-c3ccc4c(c3)sc3ccccc34)c21. The molecule has 9 aromatic rings. The standard InChI is InChI=1S/C34H20N2S/c1-2-11-24-23(10-1)33-31(25-12-3-6-14-27(25)35-33)32-26-13-4-7-15-28(26)36(34(24)32)20-17-18-22-21-9-5-8-16-29(21)37-30(22)19-20/h1-19,35H. The summed E-state index contributed by atoms with van der Waals surface area (Å²) in [5.41, 5.74) is 6.11. The number of benzene rings is 6. The third-order valence-electron chi connectivity index (χ3n) is 7.90. The maximum absolute atomic E-state index is 3.76. The van der Waals surface area contributed by atoms with Crippen molar-refractivity contribution in [2.75, 3.05) is 0 Å². The first-order valence-electron chi connectivity index (χ1n) is 12.6. The molecule has 0 fully saturated rings. The Bertz CT molecular complexity index is 2360. The molecule has 0 aliphatic heterocycles. The number of hydrogen-bond acceptors (Lipinski definition) is 1. The minimum absolute atomic E-state index is 1.18. The van der Waals surface area contributed by atoms with Gasteiger partial charge in [0.25, 0.3) is 0 Å². The highest BCUT2D eigenvalue weighted by atomic mass is 32.1. The maximum Gasteiger partial charge on any atom is 0.0627 e. The molecule has 0 spiro atoms. The van der Waals surface area contributed by atoms with Gasteiger partial charge in [-0.05, 0) is 30.3 Å². The second-order valence-electron chi connectivity index (χ2n) is 9.82. The average Bonchev–Trinajstić information content (AvgIpc) is 3.62. The number of fused-ring (bicyclic) bond motifs is 13. The van der Waals surface area contributed by atoms with Crippen molar-refractivity contribution in [3.63, 3.8) is 0 Å². The van der Waals surface area contributed by atoms with Crippen LogP contribution in [-0.4, -0.2) is 9.55 Å².